The third-order valence-electron chi connectivity index (χ3n) is 4.27. The zero-order valence-corrected chi connectivity index (χ0v) is 11.4. The number of hydrazine groups is 1. The third-order valence-corrected chi connectivity index (χ3v) is 4.27. The number of nitrogens with one attached hydrogen (secondary N) is 1. The molecule has 2 aliphatic rings. The molecular formula is C13H16N4O2. The number of amides is 2. The third kappa shape index (κ3) is 1.55. The number of aromatic nitrogens is 2. The van der Waals surface area contributed by atoms with Crippen LogP contribution in [0.25, 0.3) is 0 Å². The summed E-state index contributed by atoms with van der Waals surface area (Å²) in [5.41, 5.74) is 4.10. The Bertz CT molecular complexity index is 596. The SMILES string of the molecule is Cc1cc(N2NC(=O)C3C(C2=O)C3(C)C)nnc1C. The molecule has 0 spiro atoms. The largest absolute Gasteiger partial charge is 0.273 e. The van der Waals surface area contributed by atoms with Gasteiger partial charge in [-0.15, -0.1) is 5.10 Å². The Kier molecular flexibility index (Phi) is 2.24. The fraction of sp³-hybridized carbons (Fsp3) is 0.538. The van der Waals surface area contributed by atoms with E-state index in [1.807, 2.05) is 27.7 Å². The molecule has 1 saturated carbocycles. The van der Waals surface area contributed by atoms with Gasteiger partial charge in [-0.3, -0.25) is 15.0 Å². The highest BCUT2D eigenvalue weighted by atomic mass is 16.2. The van der Waals surface area contributed by atoms with Gasteiger partial charge in [0.25, 0.3) is 5.91 Å². The molecular weight excluding hydrogens is 244 g/mol. The quantitative estimate of drug-likeness (QED) is 0.808. The molecule has 0 radical (unpaired) electrons. The summed E-state index contributed by atoms with van der Waals surface area (Å²) in [5, 5.41) is 9.22. The molecule has 2 amide bonds. The second-order valence-corrected chi connectivity index (χ2v) is 5.90. The van der Waals surface area contributed by atoms with Crippen LogP contribution in [0, 0.1) is 31.1 Å². The molecule has 1 aliphatic heterocycles. The van der Waals surface area contributed by atoms with Gasteiger partial charge in [-0.2, -0.15) is 5.10 Å². The summed E-state index contributed by atoms with van der Waals surface area (Å²) in [4.78, 5) is 24.3. The molecule has 2 unspecified atom stereocenters. The van der Waals surface area contributed by atoms with Gasteiger partial charge in [-0.1, -0.05) is 13.8 Å². The minimum absolute atomic E-state index is 0.104. The second kappa shape index (κ2) is 3.53. The van der Waals surface area contributed by atoms with Crippen LogP contribution in [0.3, 0.4) is 0 Å². The number of carbonyl (C=O) groups excluding carboxylic acids is 2. The highest BCUT2D eigenvalue weighted by Gasteiger charge is 2.69. The van der Waals surface area contributed by atoms with Crippen LogP contribution in [0.1, 0.15) is 25.1 Å². The van der Waals surface area contributed by atoms with E-state index < -0.39 is 0 Å². The van der Waals surface area contributed by atoms with Gasteiger partial charge in [0.1, 0.15) is 0 Å². The molecule has 1 N–H and O–H groups in total. The van der Waals surface area contributed by atoms with Crippen LogP contribution in [0.5, 0.6) is 0 Å². The number of hydrogen-bond acceptors (Lipinski definition) is 4. The Morgan fingerprint density at radius 1 is 1.21 bits per heavy atom. The molecule has 0 aromatic carbocycles. The predicted molar refractivity (Wildman–Crippen MR) is 67.9 cm³/mol. The first-order valence-electron chi connectivity index (χ1n) is 6.29. The number of hydrogen-bond donors (Lipinski definition) is 1. The lowest BCUT2D eigenvalue weighted by Crippen LogP contribution is -2.52. The van der Waals surface area contributed by atoms with Crippen molar-refractivity contribution in [2.24, 2.45) is 17.3 Å². The molecule has 2 heterocycles. The van der Waals surface area contributed by atoms with Crippen LogP contribution in [0.2, 0.25) is 0 Å². The molecule has 100 valence electrons. The zero-order valence-electron chi connectivity index (χ0n) is 11.4. The van der Waals surface area contributed by atoms with E-state index in [4.69, 9.17) is 0 Å². The lowest BCUT2D eigenvalue weighted by atomic mass is 10.1. The minimum atomic E-state index is -0.261. The molecule has 0 bridgehead atoms. The second-order valence-electron chi connectivity index (χ2n) is 5.90. The molecule has 6 nitrogen and oxygen atoms in total. The van der Waals surface area contributed by atoms with Gasteiger partial charge in [0.2, 0.25) is 5.91 Å². The van der Waals surface area contributed by atoms with Crippen molar-refractivity contribution in [3.8, 4) is 0 Å². The lowest BCUT2D eigenvalue weighted by Gasteiger charge is -2.25. The van der Waals surface area contributed by atoms with E-state index in [9.17, 15) is 9.59 Å². The van der Waals surface area contributed by atoms with Gasteiger partial charge in [0.15, 0.2) is 5.82 Å². The Morgan fingerprint density at radius 2 is 1.89 bits per heavy atom. The Morgan fingerprint density at radius 3 is 2.53 bits per heavy atom. The van der Waals surface area contributed by atoms with Crippen LogP contribution in [0.4, 0.5) is 5.82 Å². The van der Waals surface area contributed by atoms with Gasteiger partial charge in [0, 0.05) is 0 Å². The first-order chi connectivity index (χ1) is 8.84. The van der Waals surface area contributed by atoms with Gasteiger partial charge < -0.3 is 0 Å². The number of anilines is 1. The van der Waals surface area contributed by atoms with E-state index in [0.717, 1.165) is 11.3 Å². The van der Waals surface area contributed by atoms with E-state index in [0.29, 0.717) is 5.82 Å². The van der Waals surface area contributed by atoms with Crippen LogP contribution >= 0.6 is 0 Å². The number of rotatable bonds is 1. The van der Waals surface area contributed by atoms with Crippen molar-refractivity contribution in [3.63, 3.8) is 0 Å². The molecule has 1 aromatic heterocycles. The standard InChI is InChI=1S/C13H16N4O2/c1-6-5-8(15-14-7(6)2)17-12(19)10-9(11(18)16-17)13(10,3)4/h5,9-10H,1-4H3,(H,16,18). The van der Waals surface area contributed by atoms with Crippen LogP contribution in [0.15, 0.2) is 6.07 Å². The van der Waals surface area contributed by atoms with Crippen LogP contribution in [-0.2, 0) is 9.59 Å². The molecule has 1 saturated heterocycles. The van der Waals surface area contributed by atoms with Crippen molar-refractivity contribution >= 4 is 17.6 Å². The monoisotopic (exact) mass is 260 g/mol. The van der Waals surface area contributed by atoms with E-state index in [2.05, 4.69) is 15.6 Å². The highest BCUT2D eigenvalue weighted by Crippen LogP contribution is 2.60. The summed E-state index contributed by atoms with van der Waals surface area (Å²) in [5.74, 6) is -0.301. The summed E-state index contributed by atoms with van der Waals surface area (Å²) >= 11 is 0. The summed E-state index contributed by atoms with van der Waals surface area (Å²) in [7, 11) is 0. The van der Waals surface area contributed by atoms with Gasteiger partial charge >= 0.3 is 0 Å². The van der Waals surface area contributed by atoms with Gasteiger partial charge in [0.05, 0.1) is 17.5 Å². The lowest BCUT2D eigenvalue weighted by molar-refractivity contribution is -0.131. The average molecular weight is 260 g/mol. The maximum Gasteiger partial charge on any atom is 0.251 e. The van der Waals surface area contributed by atoms with E-state index >= 15 is 0 Å². The summed E-state index contributed by atoms with van der Waals surface area (Å²) < 4.78 is 0. The first-order valence-corrected chi connectivity index (χ1v) is 6.29. The van der Waals surface area contributed by atoms with Crippen LogP contribution in [-0.4, -0.2) is 22.0 Å². The topological polar surface area (TPSA) is 75.2 Å². The number of carbonyl (C=O) groups is 2. The average Bonchev–Trinajstić information content (AvgIpc) is 2.92. The van der Waals surface area contributed by atoms with E-state index in [-0.39, 0.29) is 29.1 Å². The van der Waals surface area contributed by atoms with Crippen molar-refractivity contribution < 1.29 is 9.59 Å². The fourth-order valence-electron chi connectivity index (χ4n) is 2.77. The summed E-state index contributed by atoms with van der Waals surface area (Å²) in [6.07, 6.45) is 0. The van der Waals surface area contributed by atoms with Gasteiger partial charge in [-0.05, 0) is 30.9 Å². The van der Waals surface area contributed by atoms with Crippen LogP contribution < -0.4 is 10.4 Å². The molecule has 2 fully saturated rings. The van der Waals surface area contributed by atoms with Crippen molar-refractivity contribution in [1.29, 1.82) is 0 Å². The molecule has 1 aliphatic carbocycles. The van der Waals surface area contributed by atoms with E-state index in [1.54, 1.807) is 6.07 Å². The Hall–Kier alpha value is -1.98. The Balaban J connectivity index is 1.96. The highest BCUT2D eigenvalue weighted by molar-refractivity contribution is 6.07. The van der Waals surface area contributed by atoms with Crippen molar-refractivity contribution in [2.75, 3.05) is 5.01 Å². The number of fused-ring (bicyclic) bond motifs is 1. The maximum absolute atomic E-state index is 12.4. The molecule has 1 aromatic rings. The first kappa shape index (κ1) is 12.1. The maximum atomic E-state index is 12.4. The van der Waals surface area contributed by atoms with Crippen molar-refractivity contribution in [1.82, 2.24) is 15.6 Å². The van der Waals surface area contributed by atoms with Crippen molar-refractivity contribution in [3.05, 3.63) is 17.3 Å². The number of aryl methyl sites for hydroxylation is 2. The van der Waals surface area contributed by atoms with Gasteiger partial charge in [-0.25, -0.2) is 5.01 Å². The summed E-state index contributed by atoms with van der Waals surface area (Å²) in [6, 6.07) is 1.76. The number of nitrogens with zero attached hydrogens (tertiary/aromatic N) is 3. The predicted octanol–water partition coefficient (Wildman–Crippen LogP) is 0.743. The molecule has 3 rings (SSSR count). The Labute approximate surface area is 111 Å². The zero-order chi connectivity index (χ0) is 13.9. The van der Waals surface area contributed by atoms with Crippen molar-refractivity contribution in [2.45, 2.75) is 27.7 Å². The van der Waals surface area contributed by atoms with E-state index in [1.165, 1.54) is 5.01 Å². The smallest absolute Gasteiger partial charge is 0.251 e. The fourth-order valence-corrected chi connectivity index (χ4v) is 2.77. The minimum Gasteiger partial charge on any atom is -0.273 e. The summed E-state index contributed by atoms with van der Waals surface area (Å²) in [6.45, 7) is 7.63. The molecule has 19 heavy (non-hydrogen) atoms. The molecule has 2 atom stereocenters. The molecule has 6 heteroatoms. The normalized spacial score (nSPS) is 27.9.